The van der Waals surface area contributed by atoms with E-state index in [4.69, 9.17) is 17.0 Å². The quantitative estimate of drug-likeness (QED) is 0.476. The number of anilines is 2. The summed E-state index contributed by atoms with van der Waals surface area (Å²) >= 11 is 5.31. The number of ether oxygens (including phenoxy) is 1. The topological polar surface area (TPSA) is 53.6 Å². The first-order valence-corrected chi connectivity index (χ1v) is 10.7. The Morgan fingerprint density at radius 2 is 1.65 bits per heavy atom. The predicted octanol–water partition coefficient (Wildman–Crippen LogP) is 5.24. The third kappa shape index (κ3) is 6.55. The van der Waals surface area contributed by atoms with Gasteiger partial charge in [0.1, 0.15) is 12.4 Å². The average Bonchev–Trinajstić information content (AvgIpc) is 2.80. The second-order valence-corrected chi connectivity index (χ2v) is 7.34. The molecule has 0 heterocycles. The summed E-state index contributed by atoms with van der Waals surface area (Å²) in [5.41, 5.74) is 3.51. The first kappa shape index (κ1) is 22.3. The van der Waals surface area contributed by atoms with Gasteiger partial charge in [0, 0.05) is 30.0 Å². The maximum Gasteiger partial charge on any atom is 0.257 e. The Kier molecular flexibility index (Phi) is 8.01. The van der Waals surface area contributed by atoms with Crippen LogP contribution in [0, 0.1) is 0 Å². The predicted molar refractivity (Wildman–Crippen MR) is 131 cm³/mol. The summed E-state index contributed by atoms with van der Waals surface area (Å²) in [5.74, 6) is 0.338. The molecule has 0 saturated heterocycles. The van der Waals surface area contributed by atoms with Crippen LogP contribution in [0.1, 0.15) is 29.8 Å². The SMILES string of the molecule is CCN(CC)c1ccc(NC(=S)NC(=O)c2cccc(OCc3ccccc3)c2)cc1. The molecule has 0 atom stereocenters. The van der Waals surface area contributed by atoms with Gasteiger partial charge in [-0.05, 0) is 74.1 Å². The molecule has 0 aliphatic carbocycles. The fourth-order valence-electron chi connectivity index (χ4n) is 3.15. The van der Waals surface area contributed by atoms with Gasteiger partial charge in [0.25, 0.3) is 5.91 Å². The highest BCUT2D eigenvalue weighted by Gasteiger charge is 2.10. The summed E-state index contributed by atoms with van der Waals surface area (Å²) in [4.78, 5) is 14.9. The molecule has 0 bridgehead atoms. The van der Waals surface area contributed by atoms with Gasteiger partial charge in [0.2, 0.25) is 0 Å². The van der Waals surface area contributed by atoms with E-state index in [0.29, 0.717) is 17.9 Å². The number of rotatable bonds is 8. The van der Waals surface area contributed by atoms with E-state index in [1.54, 1.807) is 18.2 Å². The Balaban J connectivity index is 1.55. The van der Waals surface area contributed by atoms with Crippen LogP contribution in [0.25, 0.3) is 0 Å². The summed E-state index contributed by atoms with van der Waals surface area (Å²) in [6, 6.07) is 24.9. The highest BCUT2D eigenvalue weighted by molar-refractivity contribution is 7.80. The van der Waals surface area contributed by atoms with E-state index < -0.39 is 0 Å². The van der Waals surface area contributed by atoms with E-state index in [0.717, 1.165) is 30.0 Å². The standard InChI is InChI=1S/C25H27N3O2S/c1-3-28(4-2)22-15-13-21(14-16-22)26-25(31)27-24(29)20-11-8-12-23(17-20)30-18-19-9-6-5-7-10-19/h5-17H,3-4,18H2,1-2H3,(H2,26,27,29,31). The van der Waals surface area contributed by atoms with Crippen molar-refractivity contribution in [3.05, 3.63) is 90.0 Å². The van der Waals surface area contributed by atoms with Crippen LogP contribution in [0.15, 0.2) is 78.9 Å². The van der Waals surface area contributed by atoms with Crippen LogP contribution in [-0.2, 0) is 6.61 Å². The van der Waals surface area contributed by atoms with Crippen LogP contribution >= 0.6 is 12.2 Å². The van der Waals surface area contributed by atoms with E-state index >= 15 is 0 Å². The normalized spacial score (nSPS) is 10.3. The van der Waals surface area contributed by atoms with Gasteiger partial charge >= 0.3 is 0 Å². The zero-order chi connectivity index (χ0) is 22.1. The van der Waals surface area contributed by atoms with Crippen LogP contribution in [0.2, 0.25) is 0 Å². The molecule has 1 amide bonds. The number of thiocarbonyl (C=S) groups is 1. The molecule has 5 nitrogen and oxygen atoms in total. The molecule has 0 radical (unpaired) electrons. The third-order valence-corrected chi connectivity index (χ3v) is 5.03. The number of carbonyl (C=O) groups excluding carboxylic acids is 1. The lowest BCUT2D eigenvalue weighted by Crippen LogP contribution is -2.34. The molecular weight excluding hydrogens is 406 g/mol. The molecule has 3 aromatic carbocycles. The second kappa shape index (κ2) is 11.1. The van der Waals surface area contributed by atoms with E-state index in [-0.39, 0.29) is 11.0 Å². The third-order valence-electron chi connectivity index (χ3n) is 4.83. The molecule has 3 rings (SSSR count). The lowest BCUT2D eigenvalue weighted by Gasteiger charge is -2.21. The van der Waals surface area contributed by atoms with Crippen molar-refractivity contribution in [2.75, 3.05) is 23.3 Å². The molecule has 2 N–H and O–H groups in total. The average molecular weight is 434 g/mol. The summed E-state index contributed by atoms with van der Waals surface area (Å²) in [6.45, 7) is 6.59. The molecule has 3 aromatic rings. The lowest BCUT2D eigenvalue weighted by molar-refractivity contribution is 0.0977. The van der Waals surface area contributed by atoms with Gasteiger partial charge in [-0.15, -0.1) is 0 Å². The molecule has 0 aromatic heterocycles. The van der Waals surface area contributed by atoms with Crippen molar-refractivity contribution in [3.8, 4) is 5.75 Å². The molecule has 0 spiro atoms. The molecule has 0 fully saturated rings. The van der Waals surface area contributed by atoms with Crippen molar-refractivity contribution in [3.63, 3.8) is 0 Å². The first-order valence-electron chi connectivity index (χ1n) is 10.3. The molecule has 0 aliphatic heterocycles. The second-order valence-electron chi connectivity index (χ2n) is 6.93. The van der Waals surface area contributed by atoms with E-state index in [1.165, 1.54) is 0 Å². The van der Waals surface area contributed by atoms with Crippen molar-refractivity contribution in [1.29, 1.82) is 0 Å². The number of nitrogens with one attached hydrogen (secondary N) is 2. The molecule has 31 heavy (non-hydrogen) atoms. The van der Waals surface area contributed by atoms with Crippen LogP contribution in [0.4, 0.5) is 11.4 Å². The maximum absolute atomic E-state index is 12.6. The number of hydrogen-bond acceptors (Lipinski definition) is 4. The minimum absolute atomic E-state index is 0.246. The molecule has 0 unspecified atom stereocenters. The van der Waals surface area contributed by atoms with Crippen molar-refractivity contribution in [2.45, 2.75) is 20.5 Å². The Labute approximate surface area is 189 Å². The van der Waals surface area contributed by atoms with Crippen LogP contribution in [0.3, 0.4) is 0 Å². The summed E-state index contributed by atoms with van der Waals surface area (Å²) < 4.78 is 5.80. The van der Waals surface area contributed by atoms with Gasteiger partial charge in [-0.3, -0.25) is 10.1 Å². The summed E-state index contributed by atoms with van der Waals surface area (Å²) in [6.07, 6.45) is 0. The minimum atomic E-state index is -0.289. The van der Waals surface area contributed by atoms with Crippen LogP contribution < -0.4 is 20.3 Å². The molecular formula is C25H27N3O2S. The number of amides is 1. The fourth-order valence-corrected chi connectivity index (χ4v) is 3.36. The first-order chi connectivity index (χ1) is 15.1. The maximum atomic E-state index is 12.6. The number of nitrogens with zero attached hydrogens (tertiary/aromatic N) is 1. The molecule has 160 valence electrons. The molecule has 6 heteroatoms. The Hall–Kier alpha value is -3.38. The Morgan fingerprint density at radius 3 is 2.32 bits per heavy atom. The van der Waals surface area contributed by atoms with Gasteiger partial charge in [0.15, 0.2) is 5.11 Å². The van der Waals surface area contributed by atoms with E-state index in [2.05, 4.69) is 29.4 Å². The van der Waals surface area contributed by atoms with E-state index in [9.17, 15) is 4.79 Å². The zero-order valence-corrected chi connectivity index (χ0v) is 18.6. The number of benzene rings is 3. The van der Waals surface area contributed by atoms with Crippen LogP contribution in [0.5, 0.6) is 5.75 Å². The monoisotopic (exact) mass is 433 g/mol. The van der Waals surface area contributed by atoms with Gasteiger partial charge in [-0.25, -0.2) is 0 Å². The molecule has 0 saturated carbocycles. The van der Waals surface area contributed by atoms with Gasteiger partial charge < -0.3 is 15.0 Å². The zero-order valence-electron chi connectivity index (χ0n) is 17.8. The summed E-state index contributed by atoms with van der Waals surface area (Å²) in [5, 5.41) is 6.02. The van der Waals surface area contributed by atoms with Crippen LogP contribution in [-0.4, -0.2) is 24.1 Å². The number of hydrogen-bond donors (Lipinski definition) is 2. The van der Waals surface area contributed by atoms with Gasteiger partial charge in [-0.1, -0.05) is 36.4 Å². The highest BCUT2D eigenvalue weighted by Crippen LogP contribution is 2.18. The number of carbonyl (C=O) groups is 1. The highest BCUT2D eigenvalue weighted by atomic mass is 32.1. The van der Waals surface area contributed by atoms with Crippen molar-refractivity contribution < 1.29 is 9.53 Å². The van der Waals surface area contributed by atoms with Gasteiger partial charge in [0.05, 0.1) is 0 Å². The van der Waals surface area contributed by atoms with Crippen molar-refractivity contribution in [1.82, 2.24) is 5.32 Å². The van der Waals surface area contributed by atoms with Crippen molar-refractivity contribution >= 4 is 34.6 Å². The fraction of sp³-hybridized carbons (Fsp3) is 0.200. The Bertz CT molecular complexity index is 1000. The Morgan fingerprint density at radius 1 is 0.935 bits per heavy atom. The molecule has 0 aliphatic rings. The van der Waals surface area contributed by atoms with E-state index in [1.807, 2.05) is 60.7 Å². The summed E-state index contributed by atoms with van der Waals surface area (Å²) in [7, 11) is 0. The lowest BCUT2D eigenvalue weighted by atomic mass is 10.2. The smallest absolute Gasteiger partial charge is 0.257 e. The largest absolute Gasteiger partial charge is 0.489 e. The van der Waals surface area contributed by atoms with Crippen molar-refractivity contribution in [2.24, 2.45) is 0 Å². The minimum Gasteiger partial charge on any atom is -0.489 e. The van der Waals surface area contributed by atoms with Gasteiger partial charge in [-0.2, -0.15) is 0 Å².